The highest BCUT2D eigenvalue weighted by Gasteiger charge is 2.36. The zero-order chi connectivity index (χ0) is 23.3. The first-order chi connectivity index (χ1) is 15.8. The van der Waals surface area contributed by atoms with Gasteiger partial charge in [0.25, 0.3) is 5.91 Å². The molecule has 33 heavy (non-hydrogen) atoms. The summed E-state index contributed by atoms with van der Waals surface area (Å²) >= 11 is 13.6. The van der Waals surface area contributed by atoms with E-state index in [0.29, 0.717) is 20.3 Å². The highest BCUT2D eigenvalue weighted by atomic mass is 35.5. The standard InChI is InChI=1S/C23H16Cl2N6OS/c1-12-6-15(13(2)30(12)18-9-16(24)8-17(25)10-18)7-19-20(26)31-23(28-21(19)32)33-22(29-31)14-4-3-5-27-11-14/h3-11,26H,1-2H3. The number of aliphatic imine (C=N–C) groups is 1. The van der Waals surface area contributed by atoms with Crippen LogP contribution >= 0.6 is 35.0 Å². The van der Waals surface area contributed by atoms with Crippen LogP contribution in [-0.2, 0) is 4.79 Å². The smallest absolute Gasteiger partial charge is 0.283 e. The van der Waals surface area contributed by atoms with E-state index in [-0.39, 0.29) is 11.4 Å². The zero-order valence-electron chi connectivity index (χ0n) is 17.5. The van der Waals surface area contributed by atoms with Gasteiger partial charge in [0.15, 0.2) is 5.84 Å². The van der Waals surface area contributed by atoms with Gasteiger partial charge >= 0.3 is 0 Å². The second kappa shape index (κ2) is 8.30. The number of amidine groups is 2. The molecule has 1 aromatic carbocycles. The van der Waals surface area contributed by atoms with Crippen LogP contribution in [0.2, 0.25) is 10.0 Å². The molecule has 0 saturated carbocycles. The van der Waals surface area contributed by atoms with Gasteiger partial charge in [0.05, 0.1) is 5.57 Å². The van der Waals surface area contributed by atoms with Crippen molar-refractivity contribution >= 4 is 63.0 Å². The molecule has 2 aliphatic rings. The fourth-order valence-electron chi connectivity index (χ4n) is 3.75. The number of carbonyl (C=O) groups is 1. The summed E-state index contributed by atoms with van der Waals surface area (Å²) in [6, 6.07) is 10.9. The van der Waals surface area contributed by atoms with Crippen LogP contribution in [0.5, 0.6) is 0 Å². The summed E-state index contributed by atoms with van der Waals surface area (Å²) in [5.74, 6) is -0.496. The van der Waals surface area contributed by atoms with Crippen LogP contribution < -0.4 is 0 Å². The molecule has 0 radical (unpaired) electrons. The van der Waals surface area contributed by atoms with Gasteiger partial charge < -0.3 is 4.57 Å². The van der Waals surface area contributed by atoms with Crippen molar-refractivity contribution in [2.45, 2.75) is 13.8 Å². The van der Waals surface area contributed by atoms with Crippen LogP contribution in [0.25, 0.3) is 11.8 Å². The predicted octanol–water partition coefficient (Wildman–Crippen LogP) is 5.46. The van der Waals surface area contributed by atoms with E-state index in [1.54, 1.807) is 24.5 Å². The maximum absolute atomic E-state index is 12.8. The van der Waals surface area contributed by atoms with E-state index in [2.05, 4.69) is 15.1 Å². The molecule has 7 nitrogen and oxygen atoms in total. The maximum Gasteiger partial charge on any atom is 0.283 e. The number of aryl methyl sites for hydroxylation is 1. The fourth-order valence-corrected chi connectivity index (χ4v) is 5.15. The first-order valence-electron chi connectivity index (χ1n) is 9.88. The highest BCUT2D eigenvalue weighted by Crippen LogP contribution is 2.32. The number of carbonyl (C=O) groups excluding carboxylic acids is 1. The Morgan fingerprint density at radius 1 is 1.12 bits per heavy atom. The van der Waals surface area contributed by atoms with Crippen molar-refractivity contribution in [1.29, 1.82) is 5.41 Å². The Balaban J connectivity index is 1.53. The van der Waals surface area contributed by atoms with E-state index < -0.39 is 5.91 Å². The minimum Gasteiger partial charge on any atom is -0.318 e. The Kier molecular flexibility index (Phi) is 5.44. The molecule has 0 aliphatic carbocycles. The molecule has 0 unspecified atom stereocenters. The summed E-state index contributed by atoms with van der Waals surface area (Å²) in [5.41, 5.74) is 4.39. The molecule has 5 rings (SSSR count). The van der Waals surface area contributed by atoms with E-state index in [0.717, 1.165) is 28.2 Å². The minimum absolute atomic E-state index is 0.0213. The Morgan fingerprint density at radius 3 is 2.58 bits per heavy atom. The molecule has 10 heteroatoms. The van der Waals surface area contributed by atoms with Crippen LogP contribution in [0, 0.1) is 19.3 Å². The first kappa shape index (κ1) is 21.6. The van der Waals surface area contributed by atoms with Crippen molar-refractivity contribution in [1.82, 2.24) is 14.6 Å². The molecular weight excluding hydrogens is 479 g/mol. The summed E-state index contributed by atoms with van der Waals surface area (Å²) in [6.07, 6.45) is 5.04. The van der Waals surface area contributed by atoms with Gasteiger partial charge in [-0.25, -0.2) is 0 Å². The zero-order valence-corrected chi connectivity index (χ0v) is 19.8. The lowest BCUT2D eigenvalue weighted by Crippen LogP contribution is -2.35. The molecule has 1 N–H and O–H groups in total. The Hall–Kier alpha value is -3.20. The molecule has 2 aliphatic heterocycles. The van der Waals surface area contributed by atoms with Gasteiger partial charge in [-0.15, -0.1) is 0 Å². The second-order valence-corrected chi connectivity index (χ2v) is 9.29. The lowest BCUT2D eigenvalue weighted by molar-refractivity contribution is -0.114. The van der Waals surface area contributed by atoms with Gasteiger partial charge in [0.2, 0.25) is 5.17 Å². The summed E-state index contributed by atoms with van der Waals surface area (Å²) in [4.78, 5) is 21.1. The van der Waals surface area contributed by atoms with Crippen LogP contribution in [-0.4, -0.2) is 36.5 Å². The SMILES string of the molecule is Cc1cc(C=C2C(=N)N3N=C(c4cccnc4)SC3=NC2=O)c(C)n1-c1cc(Cl)cc(Cl)c1. The number of hydrogen-bond acceptors (Lipinski definition) is 5. The summed E-state index contributed by atoms with van der Waals surface area (Å²) < 4.78 is 2.00. The molecule has 1 amide bonds. The average molecular weight is 495 g/mol. The molecule has 0 atom stereocenters. The Morgan fingerprint density at radius 2 is 1.88 bits per heavy atom. The van der Waals surface area contributed by atoms with E-state index in [4.69, 9.17) is 28.6 Å². The number of fused-ring (bicyclic) bond motifs is 1. The highest BCUT2D eigenvalue weighted by molar-refractivity contribution is 8.27. The first-order valence-corrected chi connectivity index (χ1v) is 11.4. The molecule has 164 valence electrons. The molecule has 0 bridgehead atoms. The van der Waals surface area contributed by atoms with Crippen molar-refractivity contribution in [3.05, 3.63) is 86.9 Å². The van der Waals surface area contributed by atoms with E-state index >= 15 is 0 Å². The van der Waals surface area contributed by atoms with Crippen molar-refractivity contribution in [2.75, 3.05) is 0 Å². The van der Waals surface area contributed by atoms with Gasteiger partial charge in [0.1, 0.15) is 5.04 Å². The Labute approximate surface area is 203 Å². The monoisotopic (exact) mass is 494 g/mol. The van der Waals surface area contributed by atoms with E-state index in [1.807, 2.05) is 48.7 Å². The molecule has 0 spiro atoms. The van der Waals surface area contributed by atoms with Gasteiger partial charge in [-0.3, -0.25) is 15.2 Å². The van der Waals surface area contributed by atoms with Crippen molar-refractivity contribution in [3.63, 3.8) is 0 Å². The average Bonchev–Trinajstić information content (AvgIpc) is 3.31. The number of hydrogen-bond donors (Lipinski definition) is 1. The number of nitrogens with one attached hydrogen (secondary N) is 1. The molecule has 0 saturated heterocycles. The predicted molar refractivity (Wildman–Crippen MR) is 134 cm³/mol. The normalized spacial score (nSPS) is 16.8. The number of halogens is 2. The number of benzene rings is 1. The maximum atomic E-state index is 12.8. The second-order valence-electron chi connectivity index (χ2n) is 7.46. The number of hydrazone groups is 1. The molecular formula is C23H16Cl2N6OS. The van der Waals surface area contributed by atoms with Gasteiger partial charge in [-0.05, 0) is 73.6 Å². The number of rotatable bonds is 3. The summed E-state index contributed by atoms with van der Waals surface area (Å²) in [5, 5.41) is 16.6. The fraction of sp³-hybridized carbons (Fsp3) is 0.0870. The molecule has 0 fully saturated rings. The van der Waals surface area contributed by atoms with Crippen molar-refractivity contribution < 1.29 is 4.79 Å². The summed E-state index contributed by atoms with van der Waals surface area (Å²) in [7, 11) is 0. The number of nitrogens with zero attached hydrogens (tertiary/aromatic N) is 5. The third-order valence-electron chi connectivity index (χ3n) is 5.24. The minimum atomic E-state index is -0.475. The quantitative estimate of drug-likeness (QED) is 0.489. The van der Waals surface area contributed by atoms with Gasteiger partial charge in [0, 0.05) is 45.1 Å². The van der Waals surface area contributed by atoms with Crippen LogP contribution in [0.3, 0.4) is 0 Å². The van der Waals surface area contributed by atoms with Crippen molar-refractivity contribution in [3.8, 4) is 5.69 Å². The summed E-state index contributed by atoms with van der Waals surface area (Å²) in [6.45, 7) is 3.89. The van der Waals surface area contributed by atoms with E-state index in [9.17, 15) is 4.79 Å². The van der Waals surface area contributed by atoms with E-state index in [1.165, 1.54) is 16.8 Å². The molecule has 2 aromatic heterocycles. The third-order valence-corrected chi connectivity index (χ3v) is 6.63. The van der Waals surface area contributed by atoms with Crippen LogP contribution in [0.1, 0.15) is 22.5 Å². The lowest BCUT2D eigenvalue weighted by atomic mass is 10.1. The largest absolute Gasteiger partial charge is 0.318 e. The topological polar surface area (TPSA) is 86.7 Å². The van der Waals surface area contributed by atoms with Crippen LogP contribution in [0.15, 0.2) is 64.5 Å². The third kappa shape index (κ3) is 3.90. The number of amides is 1. The van der Waals surface area contributed by atoms with Crippen LogP contribution in [0.4, 0.5) is 0 Å². The number of thioether (sulfide) groups is 1. The lowest BCUT2D eigenvalue weighted by Gasteiger charge is -2.20. The molecule has 4 heterocycles. The molecule has 3 aromatic rings. The van der Waals surface area contributed by atoms with Crippen molar-refractivity contribution in [2.24, 2.45) is 10.1 Å². The number of aromatic nitrogens is 2. The Bertz CT molecular complexity index is 1400. The van der Waals surface area contributed by atoms with Gasteiger partial charge in [-0.1, -0.05) is 23.2 Å². The van der Waals surface area contributed by atoms with Gasteiger partial charge in [-0.2, -0.15) is 15.1 Å². The number of pyridine rings is 1.